The smallest absolute Gasteiger partial charge is 0 e. The summed E-state index contributed by atoms with van der Waals surface area (Å²) < 4.78 is 0. The predicted molar refractivity (Wildman–Crippen MR) is 44.6 cm³/mol. The van der Waals surface area contributed by atoms with Gasteiger partial charge in [0.15, 0.2) is 0 Å². The maximum absolute atomic E-state index is 2.12. The van der Waals surface area contributed by atoms with Crippen molar-refractivity contribution in [2.45, 2.75) is 6.42 Å². The van der Waals surface area contributed by atoms with Gasteiger partial charge < -0.3 is 0 Å². The minimum atomic E-state index is 0. The second kappa shape index (κ2) is 16.0. The molecule has 0 radical (unpaired) electrons. The van der Waals surface area contributed by atoms with E-state index in [-0.39, 0.29) is 58.9 Å². The molecule has 0 spiro atoms. The molecule has 0 amide bonds. The summed E-state index contributed by atoms with van der Waals surface area (Å²) in [5, 5.41) is 0. The molecule has 1 aliphatic carbocycles. The monoisotopic (exact) mass is 222 g/mol. The topological polar surface area (TPSA) is 0 Å². The first-order chi connectivity index (χ1) is 2.50. The summed E-state index contributed by atoms with van der Waals surface area (Å²) in [5.41, 5.74) is 0. The van der Waals surface area contributed by atoms with E-state index in [9.17, 15) is 0 Å². The van der Waals surface area contributed by atoms with Crippen LogP contribution in [0.4, 0.5) is 0 Å². The van der Waals surface area contributed by atoms with Crippen molar-refractivity contribution in [2.75, 3.05) is 0 Å². The molecule has 0 fully saturated rings. The van der Waals surface area contributed by atoms with Crippen LogP contribution in [0.2, 0.25) is 0 Å². The molecule has 0 saturated carbocycles. The SMILES string of the molecule is C1=CCC=C1.Cl.Cl.Cl.[Ti]. The summed E-state index contributed by atoms with van der Waals surface area (Å²) in [6.07, 6.45) is 9.50. The molecular formula is C5H9Cl3Ti. The molecule has 0 atom stereocenters. The molecule has 0 aromatic carbocycles. The van der Waals surface area contributed by atoms with E-state index in [0.29, 0.717) is 0 Å². The van der Waals surface area contributed by atoms with Gasteiger partial charge in [-0.2, -0.15) is 0 Å². The Bertz CT molecular complexity index is 70.3. The van der Waals surface area contributed by atoms with Crippen molar-refractivity contribution in [3.05, 3.63) is 24.3 Å². The Labute approximate surface area is 89.3 Å². The minimum absolute atomic E-state index is 0. The Morgan fingerprint density at radius 1 is 0.778 bits per heavy atom. The van der Waals surface area contributed by atoms with Crippen LogP contribution in [0.15, 0.2) is 24.3 Å². The largest absolute Gasteiger partial charge is 0.147 e. The van der Waals surface area contributed by atoms with Crippen molar-refractivity contribution >= 4 is 37.2 Å². The van der Waals surface area contributed by atoms with E-state index in [1.54, 1.807) is 0 Å². The minimum Gasteiger partial charge on any atom is -0.147 e. The number of halogens is 3. The van der Waals surface area contributed by atoms with E-state index in [1.807, 2.05) is 0 Å². The third kappa shape index (κ3) is 12.3. The van der Waals surface area contributed by atoms with Gasteiger partial charge in [0.05, 0.1) is 0 Å². The van der Waals surface area contributed by atoms with Gasteiger partial charge in [0.2, 0.25) is 0 Å². The van der Waals surface area contributed by atoms with Crippen molar-refractivity contribution in [1.29, 1.82) is 0 Å². The summed E-state index contributed by atoms with van der Waals surface area (Å²) in [4.78, 5) is 0. The van der Waals surface area contributed by atoms with E-state index in [1.165, 1.54) is 0 Å². The molecule has 0 aromatic rings. The van der Waals surface area contributed by atoms with Gasteiger partial charge in [0.1, 0.15) is 0 Å². The summed E-state index contributed by atoms with van der Waals surface area (Å²) in [7, 11) is 0. The average Bonchev–Trinajstić information content (AvgIpc) is 1.76. The van der Waals surface area contributed by atoms with Crippen LogP contribution < -0.4 is 0 Å². The molecule has 0 aromatic heterocycles. The normalized spacial score (nSPS) is 9.78. The maximum atomic E-state index is 2.12. The Hall–Kier alpha value is 1.06. The fourth-order valence-corrected chi connectivity index (χ4v) is 0.393. The fraction of sp³-hybridized carbons (Fsp3) is 0.200. The number of hydrogen-bond acceptors (Lipinski definition) is 0. The van der Waals surface area contributed by atoms with Crippen molar-refractivity contribution in [1.82, 2.24) is 0 Å². The van der Waals surface area contributed by atoms with Crippen LogP contribution in [0.25, 0.3) is 0 Å². The van der Waals surface area contributed by atoms with Crippen LogP contribution in [-0.2, 0) is 21.7 Å². The standard InChI is InChI=1S/C5H6.3ClH.Ti/c1-2-4-5-3-1;;;;/h1-4H,5H2;3*1H;. The zero-order valence-electron chi connectivity index (χ0n) is 4.74. The quantitative estimate of drug-likeness (QED) is 0.554. The van der Waals surface area contributed by atoms with Gasteiger partial charge in [0.25, 0.3) is 0 Å². The second-order valence-corrected chi connectivity index (χ2v) is 1.09. The molecule has 1 aliphatic rings. The van der Waals surface area contributed by atoms with Gasteiger partial charge in [-0.15, -0.1) is 37.2 Å². The van der Waals surface area contributed by atoms with Gasteiger partial charge in [-0.05, 0) is 6.42 Å². The van der Waals surface area contributed by atoms with Crippen molar-refractivity contribution in [2.24, 2.45) is 0 Å². The van der Waals surface area contributed by atoms with Crippen LogP contribution in [0.1, 0.15) is 6.42 Å². The van der Waals surface area contributed by atoms with Crippen LogP contribution in [-0.4, -0.2) is 0 Å². The zero-order valence-corrected chi connectivity index (χ0v) is 8.75. The maximum Gasteiger partial charge on any atom is 0 e. The first-order valence-electron chi connectivity index (χ1n) is 1.82. The summed E-state index contributed by atoms with van der Waals surface area (Å²) in [5.74, 6) is 0. The molecule has 0 unspecified atom stereocenters. The van der Waals surface area contributed by atoms with Gasteiger partial charge in [-0.3, -0.25) is 0 Å². The second-order valence-electron chi connectivity index (χ2n) is 1.09. The molecule has 0 saturated heterocycles. The molecular weight excluding hydrogens is 214 g/mol. The van der Waals surface area contributed by atoms with E-state index in [4.69, 9.17) is 0 Å². The Morgan fingerprint density at radius 3 is 1.22 bits per heavy atom. The van der Waals surface area contributed by atoms with E-state index in [0.717, 1.165) is 6.42 Å². The Kier molecular flexibility index (Phi) is 40.0. The third-order valence-electron chi connectivity index (χ3n) is 0.655. The van der Waals surface area contributed by atoms with Crippen molar-refractivity contribution in [3.63, 3.8) is 0 Å². The molecule has 54 valence electrons. The average molecular weight is 223 g/mol. The van der Waals surface area contributed by atoms with E-state index in [2.05, 4.69) is 24.3 Å². The van der Waals surface area contributed by atoms with Crippen LogP contribution in [0.3, 0.4) is 0 Å². The van der Waals surface area contributed by atoms with Crippen LogP contribution in [0.5, 0.6) is 0 Å². The molecule has 0 bridgehead atoms. The van der Waals surface area contributed by atoms with Crippen LogP contribution in [0, 0.1) is 0 Å². The molecule has 1 rings (SSSR count). The summed E-state index contributed by atoms with van der Waals surface area (Å²) in [6, 6.07) is 0. The number of hydrogen-bond donors (Lipinski definition) is 0. The number of rotatable bonds is 0. The third-order valence-corrected chi connectivity index (χ3v) is 0.655. The van der Waals surface area contributed by atoms with Gasteiger partial charge >= 0.3 is 0 Å². The molecule has 0 nitrogen and oxygen atoms in total. The predicted octanol–water partition coefficient (Wildman–Crippen LogP) is 2.77. The van der Waals surface area contributed by atoms with E-state index >= 15 is 0 Å². The van der Waals surface area contributed by atoms with Gasteiger partial charge in [-0.25, -0.2) is 0 Å². The van der Waals surface area contributed by atoms with E-state index < -0.39 is 0 Å². The summed E-state index contributed by atoms with van der Waals surface area (Å²) in [6.45, 7) is 0. The molecule has 0 heterocycles. The van der Waals surface area contributed by atoms with Gasteiger partial charge in [-0.1, -0.05) is 24.3 Å². The zero-order chi connectivity index (χ0) is 3.54. The first kappa shape index (κ1) is 22.5. The molecule has 0 aliphatic heterocycles. The molecule has 0 N–H and O–H groups in total. The number of allylic oxidation sites excluding steroid dienone is 4. The molecule has 4 heteroatoms. The fourth-order valence-electron chi connectivity index (χ4n) is 0.393. The van der Waals surface area contributed by atoms with Gasteiger partial charge in [0, 0.05) is 21.7 Å². The first-order valence-corrected chi connectivity index (χ1v) is 1.82. The Balaban J connectivity index is -0.0000000312. The summed E-state index contributed by atoms with van der Waals surface area (Å²) >= 11 is 0. The molecule has 9 heavy (non-hydrogen) atoms. The van der Waals surface area contributed by atoms with Crippen molar-refractivity contribution in [3.8, 4) is 0 Å². The Morgan fingerprint density at radius 2 is 1.11 bits per heavy atom. The van der Waals surface area contributed by atoms with Crippen LogP contribution >= 0.6 is 37.2 Å². The van der Waals surface area contributed by atoms with Crippen molar-refractivity contribution < 1.29 is 21.7 Å².